The smallest absolute Gasteiger partial charge is 0.363 e. The first-order valence-corrected chi connectivity index (χ1v) is 8.60. The number of nitrogens with zero attached hydrogens (tertiary/aromatic N) is 1. The van der Waals surface area contributed by atoms with Crippen molar-refractivity contribution in [3.8, 4) is 11.5 Å². The highest BCUT2D eigenvalue weighted by Crippen LogP contribution is 2.30. The van der Waals surface area contributed by atoms with Crippen LogP contribution in [-0.4, -0.2) is 25.1 Å². The Morgan fingerprint density at radius 3 is 2.67 bits per heavy atom. The van der Waals surface area contributed by atoms with Crippen LogP contribution in [0.4, 0.5) is 0 Å². The second-order valence-electron chi connectivity index (χ2n) is 4.92. The van der Waals surface area contributed by atoms with Gasteiger partial charge in [-0.25, -0.2) is 9.79 Å². The van der Waals surface area contributed by atoms with E-state index in [9.17, 15) is 4.79 Å². The second-order valence-corrected chi connectivity index (χ2v) is 5.70. The van der Waals surface area contributed by atoms with Crippen molar-refractivity contribution in [2.45, 2.75) is 13.8 Å². The molecule has 0 saturated heterocycles. The van der Waals surface area contributed by atoms with E-state index in [1.807, 2.05) is 30.7 Å². The summed E-state index contributed by atoms with van der Waals surface area (Å²) in [5.74, 6) is 1.07. The minimum Gasteiger partial charge on any atom is -0.490 e. The minimum absolute atomic E-state index is 0.269. The molecule has 6 heteroatoms. The highest BCUT2D eigenvalue weighted by Gasteiger charge is 2.25. The summed E-state index contributed by atoms with van der Waals surface area (Å²) in [5, 5.41) is 3.88. The zero-order chi connectivity index (χ0) is 16.9. The van der Waals surface area contributed by atoms with Gasteiger partial charge >= 0.3 is 5.97 Å². The van der Waals surface area contributed by atoms with E-state index >= 15 is 0 Å². The number of carbonyl (C=O) groups is 1. The molecule has 0 saturated carbocycles. The molecule has 1 aliphatic rings. The Balaban J connectivity index is 1.91. The van der Waals surface area contributed by atoms with Crippen LogP contribution in [0.5, 0.6) is 11.5 Å². The van der Waals surface area contributed by atoms with Gasteiger partial charge in [0, 0.05) is 5.56 Å². The summed E-state index contributed by atoms with van der Waals surface area (Å²) in [4.78, 5) is 16.3. The van der Waals surface area contributed by atoms with E-state index in [-0.39, 0.29) is 11.6 Å². The average Bonchev–Trinajstić information content (AvgIpc) is 3.20. The summed E-state index contributed by atoms with van der Waals surface area (Å²) in [7, 11) is 0. The highest BCUT2D eigenvalue weighted by atomic mass is 32.1. The van der Waals surface area contributed by atoms with Crippen LogP contribution in [0.3, 0.4) is 0 Å². The van der Waals surface area contributed by atoms with Gasteiger partial charge in [0.15, 0.2) is 17.2 Å². The van der Waals surface area contributed by atoms with E-state index in [1.54, 1.807) is 35.6 Å². The molecule has 2 aromatic rings. The fourth-order valence-corrected chi connectivity index (χ4v) is 2.85. The molecule has 0 N–H and O–H groups in total. The van der Waals surface area contributed by atoms with Gasteiger partial charge in [0.25, 0.3) is 0 Å². The van der Waals surface area contributed by atoms with Gasteiger partial charge in [-0.05, 0) is 60.5 Å². The van der Waals surface area contributed by atoms with E-state index in [4.69, 9.17) is 14.2 Å². The van der Waals surface area contributed by atoms with Crippen molar-refractivity contribution < 1.29 is 19.0 Å². The van der Waals surface area contributed by atoms with E-state index < -0.39 is 5.97 Å². The first-order chi connectivity index (χ1) is 11.7. The number of rotatable bonds is 6. The molecule has 124 valence electrons. The Hall–Kier alpha value is -2.60. The molecule has 0 unspecified atom stereocenters. The van der Waals surface area contributed by atoms with Crippen molar-refractivity contribution >= 4 is 29.3 Å². The maximum Gasteiger partial charge on any atom is 0.363 e. The number of hydrogen-bond acceptors (Lipinski definition) is 6. The second kappa shape index (κ2) is 7.31. The van der Waals surface area contributed by atoms with Crippen molar-refractivity contribution in [1.82, 2.24) is 0 Å². The van der Waals surface area contributed by atoms with Crippen LogP contribution in [0, 0.1) is 0 Å². The lowest BCUT2D eigenvalue weighted by Gasteiger charge is -2.11. The van der Waals surface area contributed by atoms with Crippen molar-refractivity contribution in [3.63, 3.8) is 0 Å². The molecule has 0 atom stereocenters. The SMILES string of the molecule is CCOc1ccc(C2=N/C(=C\c3ccsc3)C(=O)O2)cc1OCC. The monoisotopic (exact) mass is 343 g/mol. The molecular formula is C18H17NO4S. The van der Waals surface area contributed by atoms with Crippen LogP contribution in [0.15, 0.2) is 45.7 Å². The topological polar surface area (TPSA) is 57.1 Å². The Morgan fingerprint density at radius 1 is 1.17 bits per heavy atom. The quantitative estimate of drug-likeness (QED) is 0.590. The van der Waals surface area contributed by atoms with Crippen molar-refractivity contribution in [3.05, 3.63) is 51.8 Å². The summed E-state index contributed by atoms with van der Waals surface area (Å²) >= 11 is 1.56. The fourth-order valence-electron chi connectivity index (χ4n) is 2.23. The maximum absolute atomic E-state index is 12.0. The molecule has 1 aliphatic heterocycles. The molecule has 0 spiro atoms. The normalized spacial score (nSPS) is 15.3. The summed E-state index contributed by atoms with van der Waals surface area (Å²) in [6.45, 7) is 4.87. The van der Waals surface area contributed by atoms with E-state index in [0.717, 1.165) is 5.56 Å². The lowest BCUT2D eigenvalue weighted by Crippen LogP contribution is -2.06. The molecule has 0 fully saturated rings. The molecule has 0 bridgehead atoms. The predicted molar refractivity (Wildman–Crippen MR) is 93.7 cm³/mol. The van der Waals surface area contributed by atoms with Gasteiger partial charge in [0.2, 0.25) is 5.90 Å². The number of carbonyl (C=O) groups excluding carboxylic acids is 1. The van der Waals surface area contributed by atoms with Crippen LogP contribution >= 0.6 is 11.3 Å². The molecule has 1 aromatic heterocycles. The molecule has 1 aromatic carbocycles. The van der Waals surface area contributed by atoms with Crippen LogP contribution in [-0.2, 0) is 9.53 Å². The summed E-state index contributed by atoms with van der Waals surface area (Å²) in [6.07, 6.45) is 1.71. The van der Waals surface area contributed by atoms with Gasteiger partial charge in [-0.2, -0.15) is 11.3 Å². The van der Waals surface area contributed by atoms with Crippen molar-refractivity contribution in [2.24, 2.45) is 4.99 Å². The van der Waals surface area contributed by atoms with Gasteiger partial charge in [-0.3, -0.25) is 0 Å². The van der Waals surface area contributed by atoms with E-state index in [1.165, 1.54) is 0 Å². The van der Waals surface area contributed by atoms with Crippen LogP contribution in [0.1, 0.15) is 25.0 Å². The number of esters is 1. The highest BCUT2D eigenvalue weighted by molar-refractivity contribution is 7.08. The fraction of sp³-hybridized carbons (Fsp3) is 0.222. The van der Waals surface area contributed by atoms with E-state index in [0.29, 0.717) is 30.3 Å². The number of ether oxygens (including phenoxy) is 3. The molecular weight excluding hydrogens is 326 g/mol. The molecule has 3 rings (SSSR count). The van der Waals surface area contributed by atoms with Gasteiger partial charge in [0.05, 0.1) is 13.2 Å². The standard InChI is InChI=1S/C18H17NO4S/c1-3-21-15-6-5-13(10-16(15)22-4-2)17-19-14(18(20)23-17)9-12-7-8-24-11-12/h5-11H,3-4H2,1-2H3/b14-9-. The Morgan fingerprint density at radius 2 is 1.96 bits per heavy atom. The molecule has 24 heavy (non-hydrogen) atoms. The maximum atomic E-state index is 12.0. The zero-order valence-corrected chi connectivity index (χ0v) is 14.3. The van der Waals surface area contributed by atoms with Crippen molar-refractivity contribution in [2.75, 3.05) is 13.2 Å². The third-order valence-electron chi connectivity index (χ3n) is 3.26. The number of cyclic esters (lactones) is 1. The number of benzene rings is 1. The van der Waals surface area contributed by atoms with Crippen LogP contribution in [0.25, 0.3) is 6.08 Å². The average molecular weight is 343 g/mol. The Bertz CT molecular complexity index is 793. The number of aliphatic imine (C=N–C) groups is 1. The molecule has 0 radical (unpaired) electrons. The summed E-state index contributed by atoms with van der Waals surface area (Å²) < 4.78 is 16.4. The minimum atomic E-state index is -0.456. The molecule has 0 aliphatic carbocycles. The predicted octanol–water partition coefficient (Wildman–Crippen LogP) is 3.89. The third kappa shape index (κ3) is 3.49. The number of hydrogen-bond donors (Lipinski definition) is 0. The van der Waals surface area contributed by atoms with Gasteiger partial charge < -0.3 is 14.2 Å². The largest absolute Gasteiger partial charge is 0.490 e. The Labute approximate surface area is 144 Å². The van der Waals surface area contributed by atoms with Gasteiger partial charge in [-0.1, -0.05) is 0 Å². The van der Waals surface area contributed by atoms with E-state index in [2.05, 4.69) is 4.99 Å². The van der Waals surface area contributed by atoms with Gasteiger partial charge in [-0.15, -0.1) is 0 Å². The molecule has 0 amide bonds. The van der Waals surface area contributed by atoms with Gasteiger partial charge in [0.1, 0.15) is 0 Å². The first-order valence-electron chi connectivity index (χ1n) is 7.66. The molecule has 2 heterocycles. The van der Waals surface area contributed by atoms with Crippen LogP contribution < -0.4 is 9.47 Å². The van der Waals surface area contributed by atoms with Crippen LogP contribution in [0.2, 0.25) is 0 Å². The Kier molecular flexibility index (Phi) is 4.96. The summed E-state index contributed by atoms with van der Waals surface area (Å²) in [6, 6.07) is 7.28. The zero-order valence-electron chi connectivity index (χ0n) is 13.4. The lowest BCUT2D eigenvalue weighted by molar-refractivity contribution is -0.129. The lowest BCUT2D eigenvalue weighted by atomic mass is 10.2. The van der Waals surface area contributed by atoms with Crippen molar-refractivity contribution in [1.29, 1.82) is 0 Å². The molecule has 5 nitrogen and oxygen atoms in total. The summed E-state index contributed by atoms with van der Waals surface area (Å²) in [5.41, 5.74) is 1.89. The third-order valence-corrected chi connectivity index (χ3v) is 3.96. The number of thiophene rings is 1. The first kappa shape index (κ1) is 16.3.